The first-order valence-electron chi connectivity index (χ1n) is 6.36. The first-order chi connectivity index (χ1) is 7.65. The summed E-state index contributed by atoms with van der Waals surface area (Å²) in [5.41, 5.74) is 0. The fourth-order valence-electron chi connectivity index (χ4n) is 1.49. The Morgan fingerprint density at radius 3 is 1.47 bits per heavy atom. The zero-order valence-corrected chi connectivity index (χ0v) is 11.6. The molecule has 98 valence electrons. The first-order valence-corrected chi connectivity index (χ1v) is 6.36. The maximum atomic E-state index is 8.56. The van der Waals surface area contributed by atoms with Crippen molar-refractivity contribution in [2.24, 2.45) is 0 Å². The van der Waals surface area contributed by atoms with Gasteiger partial charge in [0.15, 0.2) is 0 Å². The summed E-state index contributed by atoms with van der Waals surface area (Å²) < 4.78 is 0. The Labute approximate surface area is 118 Å². The number of hydrogen-bond acceptors (Lipinski definition) is 1. The van der Waals surface area contributed by atoms with E-state index in [1.54, 1.807) is 0 Å². The van der Waals surface area contributed by atoms with Crippen LogP contribution in [-0.2, 0) is 0 Å². The van der Waals surface area contributed by atoms with Crippen molar-refractivity contribution in [1.29, 1.82) is 0 Å². The topological polar surface area (TPSA) is 57.5 Å². The second-order valence-corrected chi connectivity index (χ2v) is 3.96. The molecule has 0 aromatic rings. The minimum atomic E-state index is -1.83. The average molecular weight is 238 g/mol. The fourth-order valence-corrected chi connectivity index (χ4v) is 1.49. The molecule has 0 radical (unpaired) electrons. The summed E-state index contributed by atoms with van der Waals surface area (Å²) in [7, 11) is 0. The molecule has 0 fully saturated rings. The third-order valence-electron chi connectivity index (χ3n) is 2.35. The van der Waals surface area contributed by atoms with Gasteiger partial charge in [-0.3, -0.25) is 0 Å². The quantitative estimate of drug-likeness (QED) is 0.367. The number of carbonyl (C=O) groups is 1. The van der Waals surface area contributed by atoms with Crippen LogP contribution in [-0.4, -0.2) is 16.4 Å². The van der Waals surface area contributed by atoms with Gasteiger partial charge in [-0.05, 0) is 0 Å². The Bertz CT molecular complexity index is 127. The Hall–Kier alpha value is -0.133. The van der Waals surface area contributed by atoms with Crippen LogP contribution in [0.15, 0.2) is 0 Å². The van der Waals surface area contributed by atoms with E-state index in [1.165, 1.54) is 57.8 Å². The van der Waals surface area contributed by atoms with Crippen LogP contribution in [0.1, 0.15) is 71.1 Å². The van der Waals surface area contributed by atoms with Gasteiger partial charge in [0.1, 0.15) is 0 Å². The Kier molecular flexibility index (Phi) is 27.5. The van der Waals surface area contributed by atoms with Crippen LogP contribution in [0, 0.1) is 6.92 Å². The number of unbranched alkanes of at least 4 members (excludes halogenated alkanes) is 9. The van der Waals surface area contributed by atoms with Crippen LogP contribution in [0.25, 0.3) is 0 Å². The van der Waals surface area contributed by atoms with Crippen LogP contribution >= 0.6 is 0 Å². The van der Waals surface area contributed by atoms with Crippen LogP contribution in [0.4, 0.5) is 4.79 Å². The molecule has 0 aliphatic carbocycles. The number of rotatable bonds is 9. The Morgan fingerprint density at radius 2 is 1.18 bits per heavy atom. The minimum Gasteiger partial charge on any atom is -0.450 e. The molecule has 0 saturated carbocycles. The molecule has 0 bridgehead atoms. The maximum absolute atomic E-state index is 8.56. The summed E-state index contributed by atoms with van der Waals surface area (Å²) in [5.74, 6) is 0. The normalized spacial score (nSPS) is 8.82. The molecule has 0 atom stereocenters. The van der Waals surface area contributed by atoms with Crippen molar-refractivity contribution in [2.45, 2.75) is 71.1 Å². The van der Waals surface area contributed by atoms with Gasteiger partial charge in [-0.2, -0.15) is 6.42 Å². The molecule has 0 aliphatic rings. The van der Waals surface area contributed by atoms with Crippen molar-refractivity contribution in [1.82, 2.24) is 0 Å². The van der Waals surface area contributed by atoms with Gasteiger partial charge in [-0.15, -0.1) is 0 Å². The Balaban J connectivity index is -0.000000340. The monoisotopic (exact) mass is 238 g/mol. The molecular formula is C13H27LiO3. The van der Waals surface area contributed by atoms with E-state index in [0.717, 1.165) is 6.42 Å². The molecular weight excluding hydrogens is 211 g/mol. The molecule has 2 N–H and O–H groups in total. The van der Waals surface area contributed by atoms with E-state index in [-0.39, 0.29) is 18.9 Å². The molecule has 0 aromatic heterocycles. The van der Waals surface area contributed by atoms with Gasteiger partial charge in [0.25, 0.3) is 0 Å². The van der Waals surface area contributed by atoms with E-state index >= 15 is 0 Å². The van der Waals surface area contributed by atoms with Crippen LogP contribution < -0.4 is 18.9 Å². The summed E-state index contributed by atoms with van der Waals surface area (Å²) in [5, 5.41) is 13.9. The molecule has 0 unspecified atom stereocenters. The second kappa shape index (κ2) is 21.2. The van der Waals surface area contributed by atoms with E-state index in [9.17, 15) is 0 Å². The SMILES string of the molecule is O=C(O)O.[CH2-]CCCCCCCCCCC.[Li+]. The Morgan fingerprint density at radius 1 is 0.882 bits per heavy atom. The predicted molar refractivity (Wildman–Crippen MR) is 67.9 cm³/mol. The van der Waals surface area contributed by atoms with Gasteiger partial charge in [-0.1, -0.05) is 64.7 Å². The van der Waals surface area contributed by atoms with Crippen molar-refractivity contribution in [2.75, 3.05) is 0 Å². The summed E-state index contributed by atoms with van der Waals surface area (Å²) in [6, 6.07) is 0. The zero-order valence-electron chi connectivity index (χ0n) is 11.6. The summed E-state index contributed by atoms with van der Waals surface area (Å²) in [4.78, 5) is 8.56. The average Bonchev–Trinajstić information content (AvgIpc) is 2.21. The second-order valence-electron chi connectivity index (χ2n) is 3.96. The zero-order chi connectivity index (χ0) is 12.6. The maximum Gasteiger partial charge on any atom is 1.00 e. The van der Waals surface area contributed by atoms with Crippen molar-refractivity contribution in [3.8, 4) is 0 Å². The predicted octanol–water partition coefficient (Wildman–Crippen LogP) is 1.97. The molecule has 17 heavy (non-hydrogen) atoms. The van der Waals surface area contributed by atoms with Crippen LogP contribution in [0.3, 0.4) is 0 Å². The molecule has 0 rings (SSSR count). The van der Waals surface area contributed by atoms with E-state index in [2.05, 4.69) is 13.8 Å². The van der Waals surface area contributed by atoms with E-state index in [4.69, 9.17) is 15.0 Å². The standard InChI is InChI=1S/C12H25.CH2O3.Li/c1-3-5-7-9-11-12-10-8-6-4-2;2-1(3)4;/h1,3-12H2,2H3;(H2,2,3,4);/q-1;;+1. The summed E-state index contributed by atoms with van der Waals surface area (Å²) in [6.07, 6.45) is 12.1. The van der Waals surface area contributed by atoms with E-state index in [1.807, 2.05) is 0 Å². The van der Waals surface area contributed by atoms with Crippen LogP contribution in [0.5, 0.6) is 0 Å². The molecule has 0 aromatic carbocycles. The van der Waals surface area contributed by atoms with Crippen molar-refractivity contribution >= 4 is 6.16 Å². The molecule has 0 aliphatic heterocycles. The fraction of sp³-hybridized carbons (Fsp3) is 0.846. The van der Waals surface area contributed by atoms with Crippen molar-refractivity contribution in [3.63, 3.8) is 0 Å². The molecule has 0 amide bonds. The third kappa shape index (κ3) is 38.8. The van der Waals surface area contributed by atoms with Gasteiger partial charge >= 0.3 is 25.0 Å². The summed E-state index contributed by atoms with van der Waals surface area (Å²) in [6.45, 7) is 6.12. The third-order valence-corrected chi connectivity index (χ3v) is 2.35. The van der Waals surface area contributed by atoms with Crippen molar-refractivity contribution < 1.29 is 33.9 Å². The van der Waals surface area contributed by atoms with E-state index in [0.29, 0.717) is 0 Å². The minimum absolute atomic E-state index is 0. The van der Waals surface area contributed by atoms with Gasteiger partial charge in [0, 0.05) is 0 Å². The first kappa shape index (κ1) is 22.1. The molecule has 0 saturated heterocycles. The van der Waals surface area contributed by atoms with Gasteiger partial charge in [0.05, 0.1) is 0 Å². The largest absolute Gasteiger partial charge is 1.00 e. The molecule has 0 heterocycles. The molecule has 0 spiro atoms. The molecule has 3 nitrogen and oxygen atoms in total. The van der Waals surface area contributed by atoms with E-state index < -0.39 is 6.16 Å². The van der Waals surface area contributed by atoms with Gasteiger partial charge in [0.2, 0.25) is 0 Å². The molecule has 4 heteroatoms. The smallest absolute Gasteiger partial charge is 0.450 e. The number of hydrogen-bond donors (Lipinski definition) is 2. The van der Waals surface area contributed by atoms with Crippen LogP contribution in [0.2, 0.25) is 0 Å². The van der Waals surface area contributed by atoms with Gasteiger partial charge in [-0.25, -0.2) is 4.79 Å². The number of carboxylic acid groups (broad SMARTS) is 2. The van der Waals surface area contributed by atoms with Crippen molar-refractivity contribution in [3.05, 3.63) is 6.92 Å². The van der Waals surface area contributed by atoms with Gasteiger partial charge < -0.3 is 17.1 Å². The summed E-state index contributed by atoms with van der Waals surface area (Å²) >= 11 is 0.